The predicted octanol–water partition coefficient (Wildman–Crippen LogP) is 2.05. The molecule has 0 bridgehead atoms. The Labute approximate surface area is 102 Å². The van der Waals surface area contributed by atoms with Crippen LogP contribution in [0.2, 0.25) is 0 Å². The van der Waals surface area contributed by atoms with Gasteiger partial charge in [0.2, 0.25) is 5.91 Å². The van der Waals surface area contributed by atoms with E-state index < -0.39 is 12.0 Å². The number of carboxylic acid groups (broad SMARTS) is 1. The van der Waals surface area contributed by atoms with Crippen LogP contribution in [0.5, 0.6) is 0 Å². The Hall–Kier alpha value is -1.32. The molecule has 2 atom stereocenters. The fourth-order valence-electron chi connectivity index (χ4n) is 2.31. The van der Waals surface area contributed by atoms with Crippen LogP contribution in [0.1, 0.15) is 39.0 Å². The van der Waals surface area contributed by atoms with Crippen LogP contribution in [-0.2, 0) is 9.59 Å². The Morgan fingerprint density at radius 1 is 1.71 bits per heavy atom. The highest BCUT2D eigenvalue weighted by Gasteiger charge is 2.37. The average molecular weight is 239 g/mol. The van der Waals surface area contributed by atoms with Crippen LogP contribution in [0.25, 0.3) is 0 Å². The van der Waals surface area contributed by atoms with Crippen molar-refractivity contribution in [2.45, 2.75) is 45.1 Å². The zero-order valence-electron chi connectivity index (χ0n) is 10.4. The molecule has 0 spiro atoms. The Morgan fingerprint density at radius 2 is 2.41 bits per heavy atom. The maximum atomic E-state index is 12.1. The molecule has 96 valence electrons. The van der Waals surface area contributed by atoms with Gasteiger partial charge in [0, 0.05) is 12.5 Å². The van der Waals surface area contributed by atoms with Crippen LogP contribution in [0.15, 0.2) is 12.7 Å². The summed E-state index contributed by atoms with van der Waals surface area (Å²) in [5.41, 5.74) is 0. The first-order valence-corrected chi connectivity index (χ1v) is 6.26. The van der Waals surface area contributed by atoms with Crippen molar-refractivity contribution in [3.63, 3.8) is 0 Å². The maximum Gasteiger partial charge on any atom is 0.326 e. The number of nitrogens with zero attached hydrogens (tertiary/aromatic N) is 1. The van der Waals surface area contributed by atoms with E-state index in [1.165, 1.54) is 4.90 Å². The molecule has 1 aliphatic heterocycles. The SMILES string of the molecule is C=CC[C@@H](C(=O)O)N1CC[C@H](CCCC)C1=O. The van der Waals surface area contributed by atoms with Crippen molar-refractivity contribution in [3.05, 3.63) is 12.7 Å². The van der Waals surface area contributed by atoms with Gasteiger partial charge in [-0.2, -0.15) is 0 Å². The van der Waals surface area contributed by atoms with E-state index in [0.717, 1.165) is 25.7 Å². The number of aliphatic carboxylic acids is 1. The van der Waals surface area contributed by atoms with Crippen molar-refractivity contribution in [2.24, 2.45) is 5.92 Å². The summed E-state index contributed by atoms with van der Waals surface area (Å²) >= 11 is 0. The van der Waals surface area contributed by atoms with E-state index >= 15 is 0 Å². The molecule has 1 N–H and O–H groups in total. The van der Waals surface area contributed by atoms with Gasteiger partial charge in [-0.25, -0.2) is 4.79 Å². The van der Waals surface area contributed by atoms with Crippen LogP contribution in [0.4, 0.5) is 0 Å². The molecule has 17 heavy (non-hydrogen) atoms. The minimum atomic E-state index is -0.936. The zero-order valence-corrected chi connectivity index (χ0v) is 10.4. The summed E-state index contributed by atoms with van der Waals surface area (Å²) in [6, 6.07) is -0.730. The van der Waals surface area contributed by atoms with E-state index in [9.17, 15) is 9.59 Å². The second-order valence-corrected chi connectivity index (χ2v) is 4.54. The van der Waals surface area contributed by atoms with Crippen molar-refractivity contribution >= 4 is 11.9 Å². The first-order valence-electron chi connectivity index (χ1n) is 6.26. The van der Waals surface area contributed by atoms with Gasteiger partial charge in [0.15, 0.2) is 0 Å². The Morgan fingerprint density at radius 3 is 2.94 bits per heavy atom. The highest BCUT2D eigenvalue weighted by Crippen LogP contribution is 2.26. The zero-order chi connectivity index (χ0) is 12.8. The highest BCUT2D eigenvalue weighted by atomic mass is 16.4. The van der Waals surface area contributed by atoms with Gasteiger partial charge in [0.1, 0.15) is 6.04 Å². The number of carbonyl (C=O) groups is 2. The van der Waals surface area contributed by atoms with Gasteiger partial charge in [0.25, 0.3) is 0 Å². The summed E-state index contributed by atoms with van der Waals surface area (Å²) in [4.78, 5) is 24.7. The average Bonchev–Trinajstić information content (AvgIpc) is 2.64. The molecular weight excluding hydrogens is 218 g/mol. The van der Waals surface area contributed by atoms with Crippen LogP contribution in [0, 0.1) is 5.92 Å². The molecule has 4 nitrogen and oxygen atoms in total. The van der Waals surface area contributed by atoms with Gasteiger partial charge >= 0.3 is 5.97 Å². The van der Waals surface area contributed by atoms with Gasteiger partial charge in [-0.1, -0.05) is 25.8 Å². The predicted molar refractivity (Wildman–Crippen MR) is 65.6 cm³/mol. The van der Waals surface area contributed by atoms with Gasteiger partial charge < -0.3 is 10.0 Å². The van der Waals surface area contributed by atoms with Gasteiger partial charge in [-0.15, -0.1) is 6.58 Å². The third-order valence-corrected chi connectivity index (χ3v) is 3.31. The second-order valence-electron chi connectivity index (χ2n) is 4.54. The standard InChI is InChI=1S/C13H21NO3/c1-3-5-7-10-8-9-14(12(10)15)11(6-4-2)13(16)17/h4,10-11H,2-3,5-9H2,1H3,(H,16,17)/t10-,11-/m0/s1. The number of rotatable bonds is 7. The number of hydrogen-bond acceptors (Lipinski definition) is 2. The van der Waals surface area contributed by atoms with Crippen molar-refractivity contribution in [1.29, 1.82) is 0 Å². The minimum Gasteiger partial charge on any atom is -0.480 e. The summed E-state index contributed by atoms with van der Waals surface area (Å²) in [6.45, 7) is 6.21. The lowest BCUT2D eigenvalue weighted by molar-refractivity contribution is -0.149. The van der Waals surface area contributed by atoms with E-state index in [2.05, 4.69) is 13.5 Å². The fraction of sp³-hybridized carbons (Fsp3) is 0.692. The van der Waals surface area contributed by atoms with Crippen LogP contribution < -0.4 is 0 Å². The Balaban J connectivity index is 2.63. The van der Waals surface area contributed by atoms with E-state index in [1.807, 2.05) is 0 Å². The van der Waals surface area contributed by atoms with Gasteiger partial charge in [-0.05, 0) is 19.3 Å². The normalized spacial score (nSPS) is 21.6. The lowest BCUT2D eigenvalue weighted by atomic mass is 10.0. The first kappa shape index (κ1) is 13.7. The molecule has 0 aromatic carbocycles. The van der Waals surface area contributed by atoms with Crippen molar-refractivity contribution in [2.75, 3.05) is 6.54 Å². The molecule has 1 rings (SSSR count). The molecule has 1 fully saturated rings. The fourth-order valence-corrected chi connectivity index (χ4v) is 2.31. The quantitative estimate of drug-likeness (QED) is 0.692. The molecule has 4 heteroatoms. The molecule has 0 aromatic heterocycles. The van der Waals surface area contributed by atoms with Crippen LogP contribution in [0.3, 0.4) is 0 Å². The number of likely N-dealkylation sites (tertiary alicyclic amines) is 1. The van der Waals surface area contributed by atoms with Crippen LogP contribution >= 0.6 is 0 Å². The molecule has 1 saturated heterocycles. The third kappa shape index (κ3) is 3.32. The van der Waals surface area contributed by atoms with E-state index in [0.29, 0.717) is 13.0 Å². The monoisotopic (exact) mass is 239 g/mol. The molecule has 1 heterocycles. The number of carbonyl (C=O) groups excluding carboxylic acids is 1. The summed E-state index contributed by atoms with van der Waals surface area (Å²) in [6.07, 6.45) is 5.65. The second kappa shape index (κ2) is 6.42. The molecule has 1 amide bonds. The van der Waals surface area contributed by atoms with E-state index in [4.69, 9.17) is 5.11 Å². The minimum absolute atomic E-state index is 0.00713. The molecule has 0 saturated carbocycles. The first-order chi connectivity index (χ1) is 8.11. The molecule has 0 radical (unpaired) electrons. The molecule has 0 unspecified atom stereocenters. The van der Waals surface area contributed by atoms with Gasteiger partial charge in [0.05, 0.1) is 0 Å². The topological polar surface area (TPSA) is 57.6 Å². The van der Waals surface area contributed by atoms with E-state index in [1.54, 1.807) is 6.08 Å². The van der Waals surface area contributed by atoms with Crippen molar-refractivity contribution in [1.82, 2.24) is 4.90 Å². The highest BCUT2D eigenvalue weighted by molar-refractivity contribution is 5.86. The van der Waals surface area contributed by atoms with Crippen molar-refractivity contribution in [3.8, 4) is 0 Å². The third-order valence-electron chi connectivity index (χ3n) is 3.31. The molecule has 0 aliphatic carbocycles. The summed E-state index contributed by atoms with van der Waals surface area (Å²) in [7, 11) is 0. The lowest BCUT2D eigenvalue weighted by Gasteiger charge is -2.23. The molecule has 0 aromatic rings. The van der Waals surface area contributed by atoms with Crippen molar-refractivity contribution < 1.29 is 14.7 Å². The summed E-state index contributed by atoms with van der Waals surface area (Å²) < 4.78 is 0. The summed E-state index contributed by atoms with van der Waals surface area (Å²) in [5, 5.41) is 9.10. The summed E-state index contributed by atoms with van der Waals surface area (Å²) in [5.74, 6) is -0.899. The number of hydrogen-bond donors (Lipinski definition) is 1. The number of unbranched alkanes of at least 4 members (excludes halogenated alkanes) is 1. The Kier molecular flexibility index (Phi) is 5.19. The lowest BCUT2D eigenvalue weighted by Crippen LogP contribution is -2.42. The van der Waals surface area contributed by atoms with Gasteiger partial charge in [-0.3, -0.25) is 4.79 Å². The number of carboxylic acids is 1. The molecule has 1 aliphatic rings. The largest absolute Gasteiger partial charge is 0.480 e. The number of amides is 1. The smallest absolute Gasteiger partial charge is 0.326 e. The van der Waals surface area contributed by atoms with Crippen LogP contribution in [-0.4, -0.2) is 34.5 Å². The maximum absolute atomic E-state index is 12.1. The molecular formula is C13H21NO3. The van der Waals surface area contributed by atoms with E-state index in [-0.39, 0.29) is 11.8 Å². The Bertz CT molecular complexity index is 301.